The highest BCUT2D eigenvalue weighted by Gasteiger charge is 2.33. The normalized spacial score (nSPS) is 12.3. The molecule has 0 spiro atoms. The quantitative estimate of drug-likeness (QED) is 0.855. The van der Waals surface area contributed by atoms with Crippen LogP contribution in [-0.4, -0.2) is 30.2 Å². The fourth-order valence-corrected chi connectivity index (χ4v) is 3.01. The van der Waals surface area contributed by atoms with Crippen molar-refractivity contribution in [2.24, 2.45) is 0 Å². The smallest absolute Gasteiger partial charge is 0.383 e. The first-order valence-corrected chi connectivity index (χ1v) is 8.00. The number of nitrogen functional groups attached to an aromatic ring is 1. The van der Waals surface area contributed by atoms with Crippen molar-refractivity contribution in [3.05, 3.63) is 35.5 Å². The predicted molar refractivity (Wildman–Crippen MR) is 76.1 cm³/mol. The van der Waals surface area contributed by atoms with Gasteiger partial charge in [-0.25, -0.2) is 13.1 Å². The minimum Gasteiger partial charge on any atom is -0.383 e. The van der Waals surface area contributed by atoms with Gasteiger partial charge in [0.1, 0.15) is 5.82 Å². The minimum atomic E-state index is -4.69. The van der Waals surface area contributed by atoms with Crippen LogP contribution in [-0.2, 0) is 16.0 Å². The lowest BCUT2D eigenvalue weighted by Crippen LogP contribution is -2.14. The van der Waals surface area contributed by atoms with E-state index in [0.717, 1.165) is 23.0 Å². The molecule has 0 aliphatic rings. The van der Waals surface area contributed by atoms with E-state index in [0.29, 0.717) is 12.4 Å². The van der Waals surface area contributed by atoms with Crippen molar-refractivity contribution < 1.29 is 26.4 Å². The van der Waals surface area contributed by atoms with Gasteiger partial charge in [0.25, 0.3) is 0 Å². The number of carbonyl (C=O) groups is 1. The summed E-state index contributed by atoms with van der Waals surface area (Å²) >= 11 is 0. The van der Waals surface area contributed by atoms with Crippen LogP contribution in [0.5, 0.6) is 0 Å². The van der Waals surface area contributed by atoms with E-state index in [1.807, 2.05) is 0 Å². The molecule has 0 aliphatic carbocycles. The number of hydrogen-bond acceptors (Lipinski definition) is 5. The highest BCUT2D eigenvalue weighted by Crippen LogP contribution is 2.34. The second kappa shape index (κ2) is 5.69. The first kappa shape index (κ1) is 17.0. The van der Waals surface area contributed by atoms with Crippen molar-refractivity contribution >= 4 is 21.9 Å². The molecule has 0 fully saturated rings. The molecule has 0 radical (unpaired) electrons. The zero-order valence-corrected chi connectivity index (χ0v) is 12.6. The molecule has 6 nitrogen and oxygen atoms in total. The maximum atomic E-state index is 12.8. The van der Waals surface area contributed by atoms with Crippen LogP contribution in [0, 0.1) is 0 Å². The van der Waals surface area contributed by atoms with E-state index in [9.17, 15) is 26.4 Å². The van der Waals surface area contributed by atoms with Gasteiger partial charge in [0, 0.05) is 0 Å². The number of aldehydes is 1. The highest BCUT2D eigenvalue weighted by molar-refractivity contribution is 7.91. The maximum absolute atomic E-state index is 12.8. The lowest BCUT2D eigenvalue weighted by Gasteiger charge is -2.14. The van der Waals surface area contributed by atoms with Crippen molar-refractivity contribution in [3.8, 4) is 5.69 Å². The van der Waals surface area contributed by atoms with Crippen molar-refractivity contribution in [2.75, 3.05) is 11.5 Å². The Labute approximate surface area is 129 Å². The molecular formula is C13H12F3N3O3S. The van der Waals surface area contributed by atoms with Gasteiger partial charge < -0.3 is 5.73 Å². The van der Waals surface area contributed by atoms with Crippen molar-refractivity contribution in [3.63, 3.8) is 0 Å². The van der Waals surface area contributed by atoms with Gasteiger partial charge in [-0.2, -0.15) is 18.3 Å². The Hall–Kier alpha value is -2.36. The Morgan fingerprint density at radius 2 is 2.00 bits per heavy atom. The molecule has 0 unspecified atom stereocenters. The maximum Gasteiger partial charge on any atom is 0.416 e. The van der Waals surface area contributed by atoms with E-state index in [1.165, 1.54) is 6.92 Å². The number of hydrogen-bond donors (Lipinski definition) is 1. The van der Waals surface area contributed by atoms with Gasteiger partial charge in [0.15, 0.2) is 16.1 Å². The van der Waals surface area contributed by atoms with Crippen LogP contribution in [0.4, 0.5) is 19.0 Å². The summed E-state index contributed by atoms with van der Waals surface area (Å²) in [7, 11) is -3.98. The van der Waals surface area contributed by atoms with Gasteiger partial charge in [-0.1, -0.05) is 6.92 Å². The van der Waals surface area contributed by atoms with E-state index < -0.39 is 32.2 Å². The van der Waals surface area contributed by atoms with Crippen LogP contribution in [0.3, 0.4) is 0 Å². The summed E-state index contributed by atoms with van der Waals surface area (Å²) in [6.07, 6.45) is -3.18. The second-order valence-corrected chi connectivity index (χ2v) is 6.85. The Balaban J connectivity index is 2.78. The van der Waals surface area contributed by atoms with Crippen LogP contribution in [0.2, 0.25) is 0 Å². The number of rotatable bonds is 4. The molecule has 0 aliphatic heterocycles. The molecule has 0 saturated heterocycles. The molecule has 10 heteroatoms. The number of anilines is 1. The van der Waals surface area contributed by atoms with Gasteiger partial charge in [-0.3, -0.25) is 4.79 Å². The molecule has 2 aromatic rings. The molecule has 0 amide bonds. The van der Waals surface area contributed by atoms with Crippen LogP contribution in [0.1, 0.15) is 22.8 Å². The topological polar surface area (TPSA) is 95.0 Å². The molecule has 1 aromatic heterocycles. The number of alkyl halides is 3. The molecule has 1 heterocycles. The molecule has 0 atom stereocenters. The number of benzene rings is 1. The number of sulfone groups is 1. The first-order valence-electron chi connectivity index (χ1n) is 6.35. The van der Waals surface area contributed by atoms with Crippen LogP contribution < -0.4 is 5.73 Å². The Bertz CT molecular complexity index is 857. The average molecular weight is 347 g/mol. The molecular weight excluding hydrogens is 335 g/mol. The second-order valence-electron chi connectivity index (χ2n) is 4.60. The van der Waals surface area contributed by atoms with Gasteiger partial charge in [0.2, 0.25) is 0 Å². The summed E-state index contributed by atoms with van der Waals surface area (Å²) in [5.41, 5.74) is 4.43. The van der Waals surface area contributed by atoms with Crippen LogP contribution in [0.25, 0.3) is 5.69 Å². The summed E-state index contributed by atoms with van der Waals surface area (Å²) in [5, 5.41) is 3.77. The van der Waals surface area contributed by atoms with Gasteiger partial charge in [-0.15, -0.1) is 0 Å². The Morgan fingerprint density at radius 3 is 2.48 bits per heavy atom. The number of nitrogens with zero attached hydrogens (tertiary/aromatic N) is 2. The monoisotopic (exact) mass is 347 g/mol. The van der Waals surface area contributed by atoms with Crippen molar-refractivity contribution in [2.45, 2.75) is 18.0 Å². The zero-order chi connectivity index (χ0) is 17.4. The standard InChI is InChI=1S/C13H12F3N3O3S/c1-2-23(21,22)11-5-9(13(14,15)16)3-4-10(11)19-12(17)8(7-20)6-18-19/h3-7H,2,17H2,1H3. The van der Waals surface area contributed by atoms with E-state index in [2.05, 4.69) is 5.10 Å². The van der Waals surface area contributed by atoms with Crippen molar-refractivity contribution in [1.82, 2.24) is 9.78 Å². The number of halogens is 3. The number of carbonyl (C=O) groups excluding carboxylic acids is 1. The summed E-state index contributed by atoms with van der Waals surface area (Å²) < 4.78 is 63.7. The molecule has 2 N–H and O–H groups in total. The third kappa shape index (κ3) is 3.07. The third-order valence-electron chi connectivity index (χ3n) is 3.19. The van der Waals surface area contributed by atoms with E-state index in [1.54, 1.807) is 0 Å². The van der Waals surface area contributed by atoms with Crippen molar-refractivity contribution in [1.29, 1.82) is 0 Å². The van der Waals surface area contributed by atoms with Gasteiger partial charge in [0.05, 0.1) is 33.7 Å². The fraction of sp³-hybridized carbons (Fsp3) is 0.231. The first-order chi connectivity index (χ1) is 10.6. The van der Waals surface area contributed by atoms with E-state index in [-0.39, 0.29) is 17.1 Å². The Morgan fingerprint density at radius 1 is 1.35 bits per heavy atom. The largest absolute Gasteiger partial charge is 0.416 e. The number of aromatic nitrogens is 2. The lowest BCUT2D eigenvalue weighted by atomic mass is 10.2. The predicted octanol–water partition coefficient (Wildman–Crippen LogP) is 2.08. The molecule has 2 rings (SSSR count). The molecule has 1 aromatic carbocycles. The summed E-state index contributed by atoms with van der Waals surface area (Å²) in [6, 6.07) is 2.23. The average Bonchev–Trinajstić information content (AvgIpc) is 2.86. The third-order valence-corrected chi connectivity index (χ3v) is 4.95. The molecule has 23 heavy (non-hydrogen) atoms. The summed E-state index contributed by atoms with van der Waals surface area (Å²) in [5.74, 6) is -0.560. The fourth-order valence-electron chi connectivity index (χ4n) is 1.92. The summed E-state index contributed by atoms with van der Waals surface area (Å²) in [6.45, 7) is 1.31. The SMILES string of the molecule is CCS(=O)(=O)c1cc(C(F)(F)F)ccc1-n1ncc(C=O)c1N. The minimum absolute atomic E-state index is 0.00439. The number of nitrogens with two attached hydrogens (primary N) is 1. The highest BCUT2D eigenvalue weighted by atomic mass is 32.2. The van der Waals surface area contributed by atoms with Gasteiger partial charge in [-0.05, 0) is 18.2 Å². The van der Waals surface area contributed by atoms with E-state index >= 15 is 0 Å². The van der Waals surface area contributed by atoms with Crippen LogP contribution >= 0.6 is 0 Å². The molecule has 0 saturated carbocycles. The van der Waals surface area contributed by atoms with Gasteiger partial charge >= 0.3 is 6.18 Å². The molecule has 0 bridgehead atoms. The van der Waals surface area contributed by atoms with E-state index in [4.69, 9.17) is 5.73 Å². The van der Waals surface area contributed by atoms with Crippen LogP contribution in [0.15, 0.2) is 29.3 Å². The zero-order valence-electron chi connectivity index (χ0n) is 11.8. The molecule has 124 valence electrons. The summed E-state index contributed by atoms with van der Waals surface area (Å²) in [4.78, 5) is 10.2. The Kier molecular flexibility index (Phi) is 4.20. The lowest BCUT2D eigenvalue weighted by molar-refractivity contribution is -0.137.